The summed E-state index contributed by atoms with van der Waals surface area (Å²) in [6, 6.07) is 0. The Labute approximate surface area is 82.5 Å². The predicted octanol–water partition coefficient (Wildman–Crippen LogP) is 1.32. The van der Waals surface area contributed by atoms with E-state index in [-0.39, 0.29) is 0 Å². The molecule has 4 nitrogen and oxygen atoms in total. The topological polar surface area (TPSA) is 76.2 Å². The SMILES string of the molecule is NCc1c(C(F)F)cnc(F)c1C(=O)O. The van der Waals surface area contributed by atoms with Crippen LogP contribution in [0.1, 0.15) is 27.9 Å². The van der Waals surface area contributed by atoms with Gasteiger partial charge in [-0.1, -0.05) is 0 Å². The summed E-state index contributed by atoms with van der Waals surface area (Å²) in [5, 5.41) is 8.60. The van der Waals surface area contributed by atoms with Crippen LogP contribution in [0.25, 0.3) is 0 Å². The maximum atomic E-state index is 12.9. The zero-order chi connectivity index (χ0) is 11.6. The van der Waals surface area contributed by atoms with Gasteiger partial charge in [-0.25, -0.2) is 18.6 Å². The summed E-state index contributed by atoms with van der Waals surface area (Å²) in [5.41, 5.74) is 3.13. The molecule has 0 amide bonds. The van der Waals surface area contributed by atoms with E-state index in [0.29, 0.717) is 6.20 Å². The van der Waals surface area contributed by atoms with Gasteiger partial charge in [0.05, 0.1) is 0 Å². The van der Waals surface area contributed by atoms with E-state index in [2.05, 4.69) is 4.98 Å². The number of hydrogen-bond acceptors (Lipinski definition) is 3. The molecule has 7 heteroatoms. The summed E-state index contributed by atoms with van der Waals surface area (Å²) >= 11 is 0. The number of nitrogens with two attached hydrogens (primary N) is 1. The van der Waals surface area contributed by atoms with Crippen LogP contribution in [-0.2, 0) is 6.54 Å². The van der Waals surface area contributed by atoms with Crippen molar-refractivity contribution >= 4 is 5.97 Å². The highest BCUT2D eigenvalue weighted by Crippen LogP contribution is 2.25. The van der Waals surface area contributed by atoms with Crippen molar-refractivity contribution in [3.05, 3.63) is 28.8 Å². The van der Waals surface area contributed by atoms with E-state index in [1.807, 2.05) is 0 Å². The minimum absolute atomic E-state index is 0.426. The Morgan fingerprint density at radius 3 is 2.60 bits per heavy atom. The second-order valence-corrected chi connectivity index (χ2v) is 2.67. The molecule has 82 valence electrons. The van der Waals surface area contributed by atoms with Gasteiger partial charge < -0.3 is 10.8 Å². The smallest absolute Gasteiger partial charge is 0.340 e. The second-order valence-electron chi connectivity index (χ2n) is 2.67. The molecule has 1 aromatic heterocycles. The van der Waals surface area contributed by atoms with Crippen LogP contribution < -0.4 is 5.73 Å². The van der Waals surface area contributed by atoms with Gasteiger partial charge in [-0.05, 0) is 5.56 Å². The van der Waals surface area contributed by atoms with Crippen molar-refractivity contribution in [3.63, 3.8) is 0 Å². The molecule has 1 rings (SSSR count). The Morgan fingerprint density at radius 2 is 2.20 bits per heavy atom. The molecule has 0 saturated carbocycles. The minimum Gasteiger partial charge on any atom is -0.478 e. The van der Waals surface area contributed by atoms with Crippen molar-refractivity contribution < 1.29 is 23.1 Å². The summed E-state index contributed by atoms with van der Waals surface area (Å²) in [6.07, 6.45) is -2.34. The minimum atomic E-state index is -2.94. The molecule has 0 saturated heterocycles. The van der Waals surface area contributed by atoms with E-state index in [1.54, 1.807) is 0 Å². The fourth-order valence-electron chi connectivity index (χ4n) is 1.16. The van der Waals surface area contributed by atoms with Crippen LogP contribution >= 0.6 is 0 Å². The first-order valence-electron chi connectivity index (χ1n) is 3.87. The largest absolute Gasteiger partial charge is 0.478 e. The quantitative estimate of drug-likeness (QED) is 0.753. The summed E-state index contributed by atoms with van der Waals surface area (Å²) in [4.78, 5) is 13.5. The molecule has 0 aromatic carbocycles. The Balaban J connectivity index is 3.47. The molecule has 0 radical (unpaired) electrons. The highest BCUT2D eigenvalue weighted by Gasteiger charge is 2.23. The van der Waals surface area contributed by atoms with Crippen molar-refractivity contribution in [1.29, 1.82) is 0 Å². The normalized spacial score (nSPS) is 10.7. The Bertz CT molecular complexity index is 396. The van der Waals surface area contributed by atoms with Crippen LogP contribution in [0.2, 0.25) is 0 Å². The molecule has 0 spiro atoms. The maximum Gasteiger partial charge on any atom is 0.340 e. The molecule has 1 heterocycles. The van der Waals surface area contributed by atoms with Crippen molar-refractivity contribution in [2.75, 3.05) is 0 Å². The Hall–Kier alpha value is -1.63. The van der Waals surface area contributed by atoms with Crippen molar-refractivity contribution in [1.82, 2.24) is 4.98 Å². The van der Waals surface area contributed by atoms with E-state index in [0.717, 1.165) is 0 Å². The lowest BCUT2D eigenvalue weighted by molar-refractivity contribution is 0.0688. The summed E-state index contributed by atoms with van der Waals surface area (Å²) in [7, 11) is 0. The molecule has 0 unspecified atom stereocenters. The maximum absolute atomic E-state index is 12.9. The first kappa shape index (κ1) is 11.4. The molecule has 15 heavy (non-hydrogen) atoms. The molecule has 0 fully saturated rings. The first-order valence-corrected chi connectivity index (χ1v) is 3.87. The van der Waals surface area contributed by atoms with Gasteiger partial charge in [-0.2, -0.15) is 4.39 Å². The van der Waals surface area contributed by atoms with Crippen LogP contribution in [0, 0.1) is 5.95 Å². The van der Waals surface area contributed by atoms with Crippen LogP contribution in [0.5, 0.6) is 0 Å². The van der Waals surface area contributed by atoms with Crippen LogP contribution in [0.15, 0.2) is 6.20 Å². The van der Waals surface area contributed by atoms with Gasteiger partial charge in [-0.3, -0.25) is 0 Å². The number of carboxylic acid groups (broad SMARTS) is 1. The second kappa shape index (κ2) is 4.26. The number of carbonyl (C=O) groups is 1. The fourth-order valence-corrected chi connectivity index (χ4v) is 1.16. The lowest BCUT2D eigenvalue weighted by Crippen LogP contribution is -2.14. The van der Waals surface area contributed by atoms with Gasteiger partial charge in [0.1, 0.15) is 5.56 Å². The highest BCUT2D eigenvalue weighted by molar-refractivity contribution is 5.89. The molecular weight excluding hydrogens is 213 g/mol. The van der Waals surface area contributed by atoms with Gasteiger partial charge >= 0.3 is 5.97 Å². The number of alkyl halides is 2. The van der Waals surface area contributed by atoms with E-state index in [4.69, 9.17) is 10.8 Å². The number of aromatic nitrogens is 1. The predicted molar refractivity (Wildman–Crippen MR) is 44.0 cm³/mol. The zero-order valence-electron chi connectivity index (χ0n) is 7.38. The Morgan fingerprint density at radius 1 is 1.60 bits per heavy atom. The van der Waals surface area contributed by atoms with E-state index >= 15 is 0 Å². The number of pyridine rings is 1. The molecule has 0 aliphatic rings. The zero-order valence-corrected chi connectivity index (χ0v) is 7.38. The van der Waals surface area contributed by atoms with Crippen molar-refractivity contribution in [2.24, 2.45) is 5.73 Å². The van der Waals surface area contributed by atoms with Gasteiger partial charge in [-0.15, -0.1) is 0 Å². The van der Waals surface area contributed by atoms with Gasteiger partial charge in [0.25, 0.3) is 6.43 Å². The lowest BCUT2D eigenvalue weighted by atomic mass is 10.0. The molecule has 0 atom stereocenters. The average molecular weight is 220 g/mol. The Kier molecular flexibility index (Phi) is 3.25. The number of aromatic carboxylic acids is 1. The third-order valence-corrected chi connectivity index (χ3v) is 1.83. The molecule has 0 bridgehead atoms. The third-order valence-electron chi connectivity index (χ3n) is 1.83. The average Bonchev–Trinajstić information content (AvgIpc) is 2.15. The molecule has 1 aromatic rings. The number of hydrogen-bond donors (Lipinski definition) is 2. The van der Waals surface area contributed by atoms with Gasteiger partial charge in [0.2, 0.25) is 5.95 Å². The van der Waals surface area contributed by atoms with E-state index in [1.165, 1.54) is 0 Å². The first-order chi connectivity index (χ1) is 6.99. The van der Waals surface area contributed by atoms with Gasteiger partial charge in [0.15, 0.2) is 0 Å². The van der Waals surface area contributed by atoms with Gasteiger partial charge in [0, 0.05) is 18.3 Å². The fraction of sp³-hybridized carbons (Fsp3) is 0.250. The van der Waals surface area contributed by atoms with E-state index in [9.17, 15) is 18.0 Å². The lowest BCUT2D eigenvalue weighted by Gasteiger charge is -2.09. The molecule has 0 aliphatic carbocycles. The molecule has 0 aliphatic heterocycles. The third kappa shape index (κ3) is 2.07. The number of rotatable bonds is 3. The van der Waals surface area contributed by atoms with E-state index < -0.39 is 41.6 Å². The standard InChI is InChI=1S/C8H7F3N2O2/c9-6(10)4-2-13-7(11)5(8(14)15)3(4)1-12/h2,6H,1,12H2,(H,14,15). The van der Waals surface area contributed by atoms with Crippen molar-refractivity contribution in [2.45, 2.75) is 13.0 Å². The van der Waals surface area contributed by atoms with Crippen molar-refractivity contribution in [3.8, 4) is 0 Å². The highest BCUT2D eigenvalue weighted by atomic mass is 19.3. The summed E-state index contributed by atoms with van der Waals surface area (Å²) in [6.45, 7) is -0.485. The monoisotopic (exact) mass is 220 g/mol. The summed E-state index contributed by atoms with van der Waals surface area (Å²) in [5.74, 6) is -2.98. The summed E-state index contributed by atoms with van der Waals surface area (Å²) < 4.78 is 37.7. The van der Waals surface area contributed by atoms with Crippen LogP contribution in [0.3, 0.4) is 0 Å². The van der Waals surface area contributed by atoms with Crippen LogP contribution in [0.4, 0.5) is 13.2 Å². The molecule has 3 N–H and O–H groups in total. The number of halogens is 3. The number of nitrogens with zero attached hydrogens (tertiary/aromatic N) is 1. The number of carboxylic acids is 1. The molecular formula is C8H7F3N2O2. The van der Waals surface area contributed by atoms with Crippen LogP contribution in [-0.4, -0.2) is 16.1 Å².